The predicted molar refractivity (Wildman–Crippen MR) is 91.6 cm³/mol. The zero-order valence-electron chi connectivity index (χ0n) is 14.0. The van der Waals surface area contributed by atoms with Crippen LogP contribution in [0.4, 0.5) is 4.39 Å². The Labute approximate surface area is 145 Å². The fraction of sp³-hybridized carbons (Fsp3) is 0.263. The normalized spacial score (nSPS) is 13.2. The highest BCUT2D eigenvalue weighted by Gasteiger charge is 2.25. The molecular formula is C19H20FNO4. The number of aliphatic hydroxyl groups excluding tert-OH is 2. The summed E-state index contributed by atoms with van der Waals surface area (Å²) in [5.74, 6) is -1.52. The summed E-state index contributed by atoms with van der Waals surface area (Å²) in [4.78, 5) is 23.8. The van der Waals surface area contributed by atoms with Crippen molar-refractivity contribution in [2.24, 2.45) is 0 Å². The molecule has 0 aliphatic heterocycles. The molecule has 6 heteroatoms. The Balaban J connectivity index is 2.17. The third kappa shape index (κ3) is 4.49. The van der Waals surface area contributed by atoms with Gasteiger partial charge in [-0.05, 0) is 48.7 Å². The Morgan fingerprint density at radius 2 is 1.72 bits per heavy atom. The van der Waals surface area contributed by atoms with E-state index in [9.17, 15) is 19.1 Å². The molecule has 2 atom stereocenters. The molecule has 5 nitrogen and oxygen atoms in total. The van der Waals surface area contributed by atoms with Crippen molar-refractivity contribution in [3.63, 3.8) is 0 Å². The quantitative estimate of drug-likeness (QED) is 0.746. The topological polar surface area (TPSA) is 86.6 Å². The van der Waals surface area contributed by atoms with Crippen molar-refractivity contribution in [1.82, 2.24) is 5.32 Å². The van der Waals surface area contributed by atoms with E-state index in [2.05, 4.69) is 5.32 Å². The number of Topliss-reactive ketones (excluding diaryl/α,β-unsaturated/α-hetero) is 1. The lowest BCUT2D eigenvalue weighted by atomic mass is 10.0. The van der Waals surface area contributed by atoms with Gasteiger partial charge in [-0.15, -0.1) is 0 Å². The van der Waals surface area contributed by atoms with E-state index in [1.807, 2.05) is 0 Å². The van der Waals surface area contributed by atoms with Crippen LogP contribution < -0.4 is 5.32 Å². The van der Waals surface area contributed by atoms with E-state index < -0.39 is 30.4 Å². The Hall–Kier alpha value is -2.57. The lowest BCUT2D eigenvalue weighted by Gasteiger charge is -2.19. The summed E-state index contributed by atoms with van der Waals surface area (Å²) in [5.41, 5.74) is 2.27. The minimum absolute atomic E-state index is 0.285. The maximum absolute atomic E-state index is 13.7. The second-order valence-electron chi connectivity index (χ2n) is 5.86. The van der Waals surface area contributed by atoms with Crippen molar-refractivity contribution < 1.29 is 24.2 Å². The summed E-state index contributed by atoms with van der Waals surface area (Å²) in [6, 6.07) is 10.2. The van der Waals surface area contributed by atoms with Crippen molar-refractivity contribution in [2.75, 3.05) is 6.61 Å². The van der Waals surface area contributed by atoms with E-state index in [0.29, 0.717) is 11.1 Å². The van der Waals surface area contributed by atoms with E-state index >= 15 is 0 Å². The number of nitrogens with one attached hydrogen (secondary N) is 1. The number of hydrogen-bond donors (Lipinski definition) is 3. The molecule has 25 heavy (non-hydrogen) atoms. The first-order valence-corrected chi connectivity index (χ1v) is 7.82. The van der Waals surface area contributed by atoms with Gasteiger partial charge in [0, 0.05) is 5.56 Å². The summed E-state index contributed by atoms with van der Waals surface area (Å²) in [6.07, 6.45) is -1.13. The van der Waals surface area contributed by atoms with Gasteiger partial charge in [-0.25, -0.2) is 4.39 Å². The molecule has 0 aliphatic rings. The van der Waals surface area contributed by atoms with Crippen LogP contribution >= 0.6 is 0 Å². The highest BCUT2D eigenvalue weighted by molar-refractivity contribution is 5.98. The Morgan fingerprint density at radius 1 is 1.12 bits per heavy atom. The minimum atomic E-state index is -1.18. The Kier molecular flexibility index (Phi) is 6.01. The lowest BCUT2D eigenvalue weighted by molar-refractivity contribution is -0.125. The zero-order valence-corrected chi connectivity index (χ0v) is 14.0. The van der Waals surface area contributed by atoms with Gasteiger partial charge in [0.05, 0.1) is 6.10 Å². The van der Waals surface area contributed by atoms with Gasteiger partial charge in [0.25, 0.3) is 5.91 Å². The maximum atomic E-state index is 13.7. The second kappa shape index (κ2) is 8.00. The third-order valence-electron chi connectivity index (χ3n) is 3.92. The standard InChI is InChI=1S/C19H20FNO4/c1-11-3-4-15(9-16(11)20)13-5-7-14(8-6-13)19(25)21-18(12(2)23)17(24)10-22/h3-9,12,18,22-23H,10H2,1-2H3,(H,21,25)/t12-,18+/m1/s1. The van der Waals surface area contributed by atoms with Gasteiger partial charge < -0.3 is 15.5 Å². The number of carbonyl (C=O) groups is 2. The second-order valence-corrected chi connectivity index (χ2v) is 5.86. The number of rotatable bonds is 6. The van der Waals surface area contributed by atoms with Crippen molar-refractivity contribution in [3.8, 4) is 11.1 Å². The highest BCUT2D eigenvalue weighted by atomic mass is 19.1. The van der Waals surface area contributed by atoms with Crippen LogP contribution in [0.2, 0.25) is 0 Å². The monoisotopic (exact) mass is 345 g/mol. The van der Waals surface area contributed by atoms with Crippen LogP contribution in [0.3, 0.4) is 0 Å². The highest BCUT2D eigenvalue weighted by Crippen LogP contribution is 2.22. The van der Waals surface area contributed by atoms with Crippen molar-refractivity contribution in [1.29, 1.82) is 0 Å². The van der Waals surface area contributed by atoms with E-state index in [4.69, 9.17) is 5.11 Å². The Bertz CT molecular complexity index is 771. The molecular weight excluding hydrogens is 325 g/mol. The lowest BCUT2D eigenvalue weighted by Crippen LogP contribution is -2.48. The molecule has 0 radical (unpaired) electrons. The first-order chi connectivity index (χ1) is 11.8. The fourth-order valence-electron chi connectivity index (χ4n) is 2.38. The number of aryl methyl sites for hydroxylation is 1. The molecule has 0 fully saturated rings. The summed E-state index contributed by atoms with van der Waals surface area (Å²) >= 11 is 0. The molecule has 0 aliphatic carbocycles. The molecule has 0 unspecified atom stereocenters. The summed E-state index contributed by atoms with van der Waals surface area (Å²) in [6.45, 7) is 2.26. The van der Waals surface area contributed by atoms with Crippen LogP contribution in [-0.4, -0.2) is 40.7 Å². The fourth-order valence-corrected chi connectivity index (χ4v) is 2.38. The van der Waals surface area contributed by atoms with Gasteiger partial charge in [0.15, 0.2) is 5.78 Å². The van der Waals surface area contributed by atoms with Gasteiger partial charge in [-0.1, -0.05) is 24.3 Å². The van der Waals surface area contributed by atoms with Gasteiger partial charge in [0.2, 0.25) is 0 Å². The largest absolute Gasteiger partial charge is 0.391 e. The third-order valence-corrected chi connectivity index (χ3v) is 3.92. The van der Waals surface area contributed by atoms with E-state index in [1.165, 1.54) is 13.0 Å². The zero-order chi connectivity index (χ0) is 18.6. The van der Waals surface area contributed by atoms with Crippen LogP contribution in [0.1, 0.15) is 22.8 Å². The van der Waals surface area contributed by atoms with Crippen LogP contribution in [0.5, 0.6) is 0 Å². The predicted octanol–water partition coefficient (Wildman–Crippen LogP) is 1.84. The maximum Gasteiger partial charge on any atom is 0.251 e. The first-order valence-electron chi connectivity index (χ1n) is 7.82. The molecule has 1 amide bonds. The van der Waals surface area contributed by atoms with E-state index in [1.54, 1.807) is 43.3 Å². The molecule has 0 aromatic heterocycles. The number of benzene rings is 2. The number of ketones is 1. The number of halogens is 1. The van der Waals surface area contributed by atoms with Crippen LogP contribution in [-0.2, 0) is 4.79 Å². The van der Waals surface area contributed by atoms with Gasteiger partial charge in [-0.3, -0.25) is 9.59 Å². The first kappa shape index (κ1) is 18.8. The molecule has 2 rings (SSSR count). The average Bonchev–Trinajstić information content (AvgIpc) is 2.61. The minimum Gasteiger partial charge on any atom is -0.391 e. The molecule has 2 aromatic carbocycles. The molecule has 132 valence electrons. The number of amides is 1. The molecule has 0 bridgehead atoms. The smallest absolute Gasteiger partial charge is 0.251 e. The molecule has 0 heterocycles. The summed E-state index contributed by atoms with van der Waals surface area (Å²) in [7, 11) is 0. The molecule has 3 N–H and O–H groups in total. The van der Waals surface area contributed by atoms with Crippen molar-refractivity contribution >= 4 is 11.7 Å². The Morgan fingerprint density at radius 3 is 2.24 bits per heavy atom. The summed E-state index contributed by atoms with van der Waals surface area (Å²) < 4.78 is 13.7. The molecule has 0 saturated carbocycles. The van der Waals surface area contributed by atoms with Crippen LogP contribution in [0.25, 0.3) is 11.1 Å². The number of hydrogen-bond acceptors (Lipinski definition) is 4. The van der Waals surface area contributed by atoms with Gasteiger partial charge in [-0.2, -0.15) is 0 Å². The SMILES string of the molecule is Cc1ccc(-c2ccc(C(=O)N[C@H](C(=O)CO)[C@@H](C)O)cc2)cc1F. The number of aliphatic hydroxyl groups is 2. The molecule has 0 saturated heterocycles. The van der Waals surface area contributed by atoms with Gasteiger partial charge >= 0.3 is 0 Å². The van der Waals surface area contributed by atoms with Crippen molar-refractivity contribution in [2.45, 2.75) is 26.0 Å². The molecule has 0 spiro atoms. The van der Waals surface area contributed by atoms with E-state index in [-0.39, 0.29) is 11.4 Å². The molecule has 2 aromatic rings. The average molecular weight is 345 g/mol. The van der Waals surface area contributed by atoms with Crippen molar-refractivity contribution in [3.05, 3.63) is 59.4 Å². The van der Waals surface area contributed by atoms with Crippen LogP contribution in [0, 0.1) is 12.7 Å². The number of carbonyl (C=O) groups excluding carboxylic acids is 2. The van der Waals surface area contributed by atoms with Gasteiger partial charge in [0.1, 0.15) is 18.5 Å². The van der Waals surface area contributed by atoms with Crippen LogP contribution in [0.15, 0.2) is 42.5 Å². The summed E-state index contributed by atoms with van der Waals surface area (Å²) in [5, 5.41) is 20.9. The van der Waals surface area contributed by atoms with E-state index in [0.717, 1.165) is 5.56 Å².